The van der Waals surface area contributed by atoms with Gasteiger partial charge in [-0.15, -0.1) is 0 Å². The predicted octanol–water partition coefficient (Wildman–Crippen LogP) is 4.66. The second-order valence-corrected chi connectivity index (χ2v) is 17.6. The quantitative estimate of drug-likeness (QED) is 0.294. The minimum absolute atomic E-state index is 0.0130. The maximum Gasteiger partial charge on any atom is 0.319 e. The van der Waals surface area contributed by atoms with Crippen LogP contribution >= 0.6 is 0 Å². The van der Waals surface area contributed by atoms with Crippen LogP contribution < -0.4 is 4.74 Å². The summed E-state index contributed by atoms with van der Waals surface area (Å²) in [5, 5.41) is 11.4. The molecular formula is C42H67N3O9. The fourth-order valence-electron chi connectivity index (χ4n) is 9.83. The van der Waals surface area contributed by atoms with E-state index < -0.39 is 41.4 Å². The van der Waals surface area contributed by atoms with Crippen LogP contribution in [0.4, 0.5) is 0 Å². The number of methoxy groups -OCH3 is 2. The zero-order valence-electron chi connectivity index (χ0n) is 34.6. The number of hydrogen-bond donors (Lipinski definition) is 1. The van der Waals surface area contributed by atoms with E-state index in [1.165, 1.54) is 0 Å². The van der Waals surface area contributed by atoms with Crippen LogP contribution in [0.5, 0.6) is 5.75 Å². The molecule has 1 unspecified atom stereocenters. The summed E-state index contributed by atoms with van der Waals surface area (Å²) in [5.74, 6) is -0.211. The SMILES string of the molecule is CCN1C[C@H](C)C[C@@](C)(OC)[C@H](O[C@@H]2O[C@H](C)C[C@H](N(C)C)[C@H]2O)[C@@H](C)C(=O)C(C)(C)C(=O)OCC12C[C@@H]2C1CCN(C(=O)c2cccc(OC)c2)CC1. The van der Waals surface area contributed by atoms with Crippen molar-refractivity contribution in [3.63, 3.8) is 0 Å². The van der Waals surface area contributed by atoms with Gasteiger partial charge in [0.25, 0.3) is 5.91 Å². The van der Waals surface area contributed by atoms with Crippen LogP contribution in [0.3, 0.4) is 0 Å². The van der Waals surface area contributed by atoms with Crippen LogP contribution in [-0.2, 0) is 28.5 Å². The number of aliphatic hydroxyl groups excluding tert-OH is 1. The first kappa shape index (κ1) is 42.5. The first-order valence-corrected chi connectivity index (χ1v) is 20.0. The fourth-order valence-corrected chi connectivity index (χ4v) is 9.83. The Bertz CT molecular complexity index is 1480. The van der Waals surface area contributed by atoms with E-state index in [1.807, 2.05) is 55.9 Å². The van der Waals surface area contributed by atoms with Gasteiger partial charge in [-0.25, -0.2) is 0 Å². The number of piperidine rings is 1. The van der Waals surface area contributed by atoms with Gasteiger partial charge in [-0.05, 0) is 116 Å². The molecule has 12 heteroatoms. The number of carbonyl (C=O) groups is 3. The van der Waals surface area contributed by atoms with Gasteiger partial charge in [-0.1, -0.05) is 26.8 Å². The number of aliphatic hydroxyl groups is 1. The number of ether oxygens (including phenoxy) is 5. The summed E-state index contributed by atoms with van der Waals surface area (Å²) in [6.07, 6.45) is 0.884. The minimum Gasteiger partial charge on any atom is -0.497 e. The molecule has 0 aromatic heterocycles. The zero-order chi connectivity index (χ0) is 39.7. The van der Waals surface area contributed by atoms with Crippen LogP contribution in [0, 0.1) is 29.1 Å². The third kappa shape index (κ3) is 8.54. The van der Waals surface area contributed by atoms with Crippen LogP contribution in [0.15, 0.2) is 24.3 Å². The van der Waals surface area contributed by atoms with Gasteiger partial charge in [0.1, 0.15) is 23.9 Å². The summed E-state index contributed by atoms with van der Waals surface area (Å²) in [5.41, 5.74) is -2.16. The molecule has 10 atom stereocenters. The van der Waals surface area contributed by atoms with Crippen LogP contribution in [-0.4, -0.2) is 140 Å². The molecule has 4 aliphatic rings. The summed E-state index contributed by atoms with van der Waals surface area (Å²) in [6.45, 7) is 16.4. The Hall–Kier alpha value is -2.61. The van der Waals surface area contributed by atoms with Crippen LogP contribution in [0.1, 0.15) is 90.9 Å². The normalized spacial score (nSPS) is 37.3. The highest BCUT2D eigenvalue weighted by Crippen LogP contribution is 2.56. The van der Waals surface area contributed by atoms with Gasteiger partial charge < -0.3 is 38.6 Å². The minimum atomic E-state index is -1.46. The highest BCUT2D eigenvalue weighted by molar-refractivity contribution is 6.04. The number of esters is 1. The number of cyclic esters (lactones) is 1. The molecule has 1 saturated carbocycles. The lowest BCUT2D eigenvalue weighted by Crippen LogP contribution is -2.59. The number of likely N-dealkylation sites (tertiary alicyclic amines) is 1. The van der Waals surface area contributed by atoms with Crippen molar-refractivity contribution in [2.24, 2.45) is 29.1 Å². The van der Waals surface area contributed by atoms with Gasteiger partial charge in [-0.3, -0.25) is 19.3 Å². The Morgan fingerprint density at radius 2 is 1.74 bits per heavy atom. The number of Topliss-reactive ketones (excluding diaryl/α,β-unsaturated/α-hetero) is 1. The van der Waals surface area contributed by atoms with E-state index in [1.54, 1.807) is 41.1 Å². The van der Waals surface area contributed by atoms with Crippen LogP contribution in [0.2, 0.25) is 0 Å². The van der Waals surface area contributed by atoms with E-state index in [0.717, 1.165) is 32.4 Å². The molecule has 0 radical (unpaired) electrons. The Morgan fingerprint density at radius 1 is 1.06 bits per heavy atom. The number of nitrogens with zero attached hydrogens (tertiary/aromatic N) is 3. The van der Waals surface area contributed by atoms with E-state index >= 15 is 0 Å². The molecular weight excluding hydrogens is 690 g/mol. The molecule has 3 saturated heterocycles. The molecule has 1 spiro atoms. The lowest BCUT2D eigenvalue weighted by Gasteiger charge is -2.47. The molecule has 5 rings (SSSR count). The number of carbonyl (C=O) groups excluding carboxylic acids is 3. The highest BCUT2D eigenvalue weighted by atomic mass is 16.7. The summed E-state index contributed by atoms with van der Waals surface area (Å²) >= 11 is 0. The van der Waals surface area contributed by atoms with Gasteiger partial charge >= 0.3 is 5.97 Å². The second-order valence-electron chi connectivity index (χ2n) is 17.6. The number of likely N-dealkylation sites (N-methyl/N-ethyl adjacent to an activating group) is 2. The number of ketones is 1. The summed E-state index contributed by atoms with van der Waals surface area (Å²) in [7, 11) is 7.09. The third-order valence-corrected chi connectivity index (χ3v) is 13.2. The molecule has 3 heterocycles. The van der Waals surface area contributed by atoms with Crippen LogP contribution in [0.25, 0.3) is 0 Å². The molecule has 1 amide bonds. The number of hydrogen-bond acceptors (Lipinski definition) is 11. The van der Waals surface area contributed by atoms with E-state index in [0.29, 0.717) is 43.2 Å². The van der Waals surface area contributed by atoms with E-state index in [9.17, 15) is 19.5 Å². The molecule has 54 heavy (non-hydrogen) atoms. The van der Waals surface area contributed by atoms with Crippen molar-refractivity contribution in [3.8, 4) is 5.75 Å². The van der Waals surface area contributed by atoms with E-state index in [2.05, 4.69) is 18.7 Å². The lowest BCUT2D eigenvalue weighted by molar-refractivity contribution is -0.295. The average molecular weight is 758 g/mol. The lowest BCUT2D eigenvalue weighted by atomic mass is 9.74. The molecule has 1 aromatic rings. The average Bonchev–Trinajstić information content (AvgIpc) is 3.89. The maximum atomic E-state index is 14.5. The molecule has 0 bridgehead atoms. The summed E-state index contributed by atoms with van der Waals surface area (Å²) in [4.78, 5) is 48.3. The topological polar surface area (TPSA) is 127 Å². The number of benzene rings is 1. The van der Waals surface area contributed by atoms with Crippen molar-refractivity contribution in [3.05, 3.63) is 29.8 Å². The molecule has 1 N–H and O–H groups in total. The summed E-state index contributed by atoms with van der Waals surface area (Å²) in [6, 6.07) is 7.11. The molecule has 1 aliphatic carbocycles. The van der Waals surface area contributed by atoms with Gasteiger partial charge in [-0.2, -0.15) is 0 Å². The van der Waals surface area contributed by atoms with Gasteiger partial charge in [0.2, 0.25) is 0 Å². The standard InChI is InChI=1S/C42H67N3O9/c1-12-45-24-26(2)22-41(7,51-11)36(54-38-34(46)33(43(8)9)20-27(3)53-38)28(4)35(47)40(5,6)39(49)52-25-42(45)23-32(42)29-16-18-44(19-17-29)37(48)30-14-13-15-31(21-30)50-10/h13-15,21,26-29,32-34,36,38,46H,12,16-20,22-25H2,1-11H3/t26-,27-,28+,32-,33+,34-,36-,38+,41-,42?/m1/s1. The molecule has 4 fully saturated rings. The first-order chi connectivity index (χ1) is 25.4. The Kier molecular flexibility index (Phi) is 13.3. The van der Waals surface area contributed by atoms with Crippen molar-refractivity contribution in [1.82, 2.24) is 14.7 Å². The van der Waals surface area contributed by atoms with Crippen molar-refractivity contribution in [2.45, 2.75) is 122 Å². The number of amides is 1. The predicted molar refractivity (Wildman–Crippen MR) is 205 cm³/mol. The largest absolute Gasteiger partial charge is 0.497 e. The molecule has 12 nitrogen and oxygen atoms in total. The van der Waals surface area contributed by atoms with Crippen molar-refractivity contribution < 1.29 is 43.2 Å². The molecule has 1 aromatic carbocycles. The third-order valence-electron chi connectivity index (χ3n) is 13.2. The van der Waals surface area contributed by atoms with Crippen molar-refractivity contribution >= 4 is 17.7 Å². The van der Waals surface area contributed by atoms with Gasteiger partial charge in [0.05, 0.1) is 30.5 Å². The van der Waals surface area contributed by atoms with E-state index in [4.69, 9.17) is 23.7 Å². The second kappa shape index (κ2) is 16.9. The monoisotopic (exact) mass is 757 g/mol. The highest BCUT2D eigenvalue weighted by Gasteiger charge is 2.62. The Balaban J connectivity index is 1.38. The smallest absolute Gasteiger partial charge is 0.319 e. The van der Waals surface area contributed by atoms with Gasteiger partial charge in [0, 0.05) is 44.3 Å². The zero-order valence-corrected chi connectivity index (χ0v) is 34.6. The Morgan fingerprint density at radius 3 is 2.35 bits per heavy atom. The summed E-state index contributed by atoms with van der Waals surface area (Å²) < 4.78 is 30.8. The van der Waals surface area contributed by atoms with Crippen molar-refractivity contribution in [2.75, 3.05) is 61.1 Å². The molecule has 3 aliphatic heterocycles. The Labute approximate surface area is 323 Å². The van der Waals surface area contributed by atoms with Crippen molar-refractivity contribution in [1.29, 1.82) is 0 Å². The van der Waals surface area contributed by atoms with E-state index in [-0.39, 0.29) is 47.8 Å². The fraction of sp³-hybridized carbons (Fsp3) is 0.786. The first-order valence-electron chi connectivity index (χ1n) is 20.0. The maximum absolute atomic E-state index is 14.5. The molecule has 304 valence electrons. The number of rotatable bonds is 8. The van der Waals surface area contributed by atoms with Gasteiger partial charge in [0.15, 0.2) is 12.1 Å².